The average molecular weight is 418 g/mol. The van der Waals surface area contributed by atoms with E-state index in [4.69, 9.17) is 14.6 Å². The minimum Gasteiger partial charge on any atom is -0.453 e. The lowest BCUT2D eigenvalue weighted by Crippen LogP contribution is -2.15. The third-order valence-electron chi connectivity index (χ3n) is 4.08. The molecule has 1 amide bonds. The minimum absolute atomic E-state index is 0.0749. The largest absolute Gasteiger partial charge is 0.453 e. The molecule has 0 fully saturated rings. The van der Waals surface area contributed by atoms with E-state index in [9.17, 15) is 9.59 Å². The lowest BCUT2D eigenvalue weighted by molar-refractivity contribution is 0.155. The van der Waals surface area contributed by atoms with Crippen molar-refractivity contribution in [3.63, 3.8) is 0 Å². The molecule has 2 aromatic carbocycles. The van der Waals surface area contributed by atoms with Crippen LogP contribution in [0.1, 0.15) is 36.8 Å². The molecule has 0 atom stereocenters. The van der Waals surface area contributed by atoms with Crippen molar-refractivity contribution in [3.8, 4) is 0 Å². The first-order valence-electron chi connectivity index (χ1n) is 9.65. The summed E-state index contributed by atoms with van der Waals surface area (Å²) in [6.45, 7) is 0.465. The van der Waals surface area contributed by atoms with E-state index in [1.54, 1.807) is 18.2 Å². The Bertz CT molecular complexity index is 754. The van der Waals surface area contributed by atoms with Crippen molar-refractivity contribution in [1.29, 1.82) is 0 Å². The molecule has 0 aliphatic carbocycles. The van der Waals surface area contributed by atoms with Crippen molar-refractivity contribution in [1.82, 2.24) is 0 Å². The Hall–Kier alpha value is -2.51. The zero-order valence-corrected chi connectivity index (χ0v) is 17.2. The minimum atomic E-state index is -0.565. The van der Waals surface area contributed by atoms with Gasteiger partial charge >= 0.3 is 11.4 Å². The standard InChI is InChI=1S/C22H27NO5S/c24-14-8-1-2-9-15-29-22(26)28-17-19-12-6-7-13-20(19)23-21(25)27-16-18-10-4-3-5-11-18/h3-7,10-13,24H,1-2,8-9,14-17H2,(H,23,25). The highest BCUT2D eigenvalue weighted by Crippen LogP contribution is 2.19. The molecule has 0 saturated heterocycles. The molecule has 0 saturated carbocycles. The van der Waals surface area contributed by atoms with Crippen molar-refractivity contribution in [2.24, 2.45) is 0 Å². The van der Waals surface area contributed by atoms with Gasteiger partial charge in [0.05, 0.1) is 5.69 Å². The zero-order chi connectivity index (χ0) is 20.7. The summed E-state index contributed by atoms with van der Waals surface area (Å²) in [5, 5.41) is 11.1. The van der Waals surface area contributed by atoms with E-state index in [2.05, 4.69) is 5.32 Å². The van der Waals surface area contributed by atoms with Gasteiger partial charge in [-0.25, -0.2) is 9.59 Å². The maximum absolute atomic E-state index is 12.1. The predicted octanol–water partition coefficient (Wildman–Crippen LogP) is 5.36. The molecule has 0 bridgehead atoms. The predicted molar refractivity (Wildman–Crippen MR) is 115 cm³/mol. The molecular weight excluding hydrogens is 390 g/mol. The fourth-order valence-electron chi connectivity index (χ4n) is 2.54. The van der Waals surface area contributed by atoms with E-state index in [0.717, 1.165) is 43.0 Å². The number of amides is 1. The van der Waals surface area contributed by atoms with Crippen LogP contribution in [0.25, 0.3) is 0 Å². The van der Waals surface area contributed by atoms with E-state index < -0.39 is 6.09 Å². The number of ether oxygens (including phenoxy) is 2. The van der Waals surface area contributed by atoms with Crippen LogP contribution >= 0.6 is 11.8 Å². The van der Waals surface area contributed by atoms with Gasteiger partial charge in [-0.15, -0.1) is 0 Å². The summed E-state index contributed by atoms with van der Waals surface area (Å²) in [4.78, 5) is 24.0. The molecule has 0 aliphatic rings. The van der Waals surface area contributed by atoms with Crippen LogP contribution < -0.4 is 5.32 Å². The summed E-state index contributed by atoms with van der Waals surface area (Å²) in [5.74, 6) is 0.690. The second-order valence-electron chi connectivity index (χ2n) is 6.37. The van der Waals surface area contributed by atoms with Crippen LogP contribution in [-0.4, -0.2) is 28.9 Å². The highest BCUT2D eigenvalue weighted by molar-refractivity contribution is 8.13. The molecule has 7 heteroatoms. The third kappa shape index (κ3) is 9.49. The molecule has 0 aromatic heterocycles. The number of hydrogen-bond donors (Lipinski definition) is 2. The van der Waals surface area contributed by atoms with Crippen molar-refractivity contribution < 1.29 is 24.2 Å². The monoisotopic (exact) mass is 417 g/mol. The van der Waals surface area contributed by atoms with E-state index in [0.29, 0.717) is 17.0 Å². The molecule has 2 N–H and O–H groups in total. The Morgan fingerprint density at radius 2 is 1.59 bits per heavy atom. The van der Waals surface area contributed by atoms with Crippen LogP contribution in [0.5, 0.6) is 0 Å². The fraction of sp³-hybridized carbons (Fsp3) is 0.364. The molecule has 2 aromatic rings. The van der Waals surface area contributed by atoms with Gasteiger partial charge < -0.3 is 14.6 Å². The number of carbonyl (C=O) groups excluding carboxylic acids is 2. The summed E-state index contributed by atoms with van der Waals surface area (Å²) < 4.78 is 10.5. The number of nitrogens with one attached hydrogen (secondary N) is 1. The number of unbranched alkanes of at least 4 members (excludes halogenated alkanes) is 3. The molecule has 29 heavy (non-hydrogen) atoms. The SMILES string of the molecule is O=C(Nc1ccccc1COC(=O)SCCCCCCO)OCc1ccccc1. The number of para-hydroxylation sites is 1. The molecule has 0 aliphatic heterocycles. The Kier molecular flexibility index (Phi) is 10.7. The zero-order valence-electron chi connectivity index (χ0n) is 16.3. The van der Waals surface area contributed by atoms with Crippen molar-refractivity contribution >= 4 is 28.8 Å². The van der Waals surface area contributed by atoms with Crippen LogP contribution in [0.2, 0.25) is 0 Å². The second-order valence-corrected chi connectivity index (χ2v) is 7.40. The number of hydrogen-bond acceptors (Lipinski definition) is 6. The van der Waals surface area contributed by atoms with Gasteiger partial charge in [-0.1, -0.05) is 61.4 Å². The molecular formula is C22H27NO5S. The smallest absolute Gasteiger partial charge is 0.411 e. The first kappa shape index (κ1) is 22.8. The number of carbonyl (C=O) groups is 2. The Morgan fingerprint density at radius 1 is 0.862 bits per heavy atom. The lowest BCUT2D eigenvalue weighted by Gasteiger charge is -2.12. The first-order chi connectivity index (χ1) is 14.2. The van der Waals surface area contributed by atoms with Crippen LogP contribution in [0, 0.1) is 0 Å². The number of aliphatic hydroxyl groups excluding tert-OH is 1. The number of thioether (sulfide) groups is 1. The lowest BCUT2D eigenvalue weighted by atomic mass is 10.2. The fourth-order valence-corrected chi connectivity index (χ4v) is 3.20. The molecule has 6 nitrogen and oxygen atoms in total. The van der Waals surface area contributed by atoms with Gasteiger partial charge in [0.1, 0.15) is 13.2 Å². The Morgan fingerprint density at radius 3 is 2.38 bits per heavy atom. The Balaban J connectivity index is 1.73. The van der Waals surface area contributed by atoms with Crippen LogP contribution in [-0.2, 0) is 22.7 Å². The van der Waals surface area contributed by atoms with Gasteiger partial charge in [-0.05, 0) is 36.2 Å². The van der Waals surface area contributed by atoms with Gasteiger partial charge in [0.15, 0.2) is 0 Å². The highest BCUT2D eigenvalue weighted by Gasteiger charge is 2.10. The summed E-state index contributed by atoms with van der Waals surface area (Å²) >= 11 is 1.14. The maximum Gasteiger partial charge on any atom is 0.411 e. The number of anilines is 1. The second kappa shape index (κ2) is 13.6. The molecule has 0 heterocycles. The Labute approximate surface area is 175 Å². The summed E-state index contributed by atoms with van der Waals surface area (Å²) in [7, 11) is 0. The van der Waals surface area contributed by atoms with Gasteiger partial charge in [0, 0.05) is 17.9 Å². The maximum atomic E-state index is 12.1. The highest BCUT2D eigenvalue weighted by atomic mass is 32.2. The van der Waals surface area contributed by atoms with Crippen LogP contribution in [0.3, 0.4) is 0 Å². The van der Waals surface area contributed by atoms with E-state index in [1.807, 2.05) is 36.4 Å². The van der Waals surface area contributed by atoms with Gasteiger partial charge in [-0.2, -0.15) is 0 Å². The van der Waals surface area contributed by atoms with E-state index in [1.165, 1.54) is 0 Å². The molecule has 2 rings (SSSR count). The van der Waals surface area contributed by atoms with Crippen LogP contribution in [0.4, 0.5) is 15.3 Å². The molecule has 0 radical (unpaired) electrons. The quantitative estimate of drug-likeness (QED) is 0.378. The van der Waals surface area contributed by atoms with E-state index >= 15 is 0 Å². The van der Waals surface area contributed by atoms with Crippen LogP contribution in [0.15, 0.2) is 54.6 Å². The molecule has 0 spiro atoms. The normalized spacial score (nSPS) is 10.4. The van der Waals surface area contributed by atoms with Gasteiger partial charge in [-0.3, -0.25) is 5.32 Å². The van der Waals surface area contributed by atoms with Crippen molar-refractivity contribution in [2.75, 3.05) is 17.7 Å². The van der Waals surface area contributed by atoms with Crippen molar-refractivity contribution in [3.05, 3.63) is 65.7 Å². The third-order valence-corrected chi connectivity index (χ3v) is 4.93. The molecule has 0 unspecified atom stereocenters. The summed E-state index contributed by atoms with van der Waals surface area (Å²) in [6, 6.07) is 16.6. The average Bonchev–Trinajstić information content (AvgIpc) is 2.75. The molecule has 156 valence electrons. The topological polar surface area (TPSA) is 84.9 Å². The summed E-state index contributed by atoms with van der Waals surface area (Å²) in [5.41, 5.74) is 2.15. The van der Waals surface area contributed by atoms with Crippen molar-refractivity contribution in [2.45, 2.75) is 38.9 Å². The number of rotatable bonds is 11. The van der Waals surface area contributed by atoms with Gasteiger partial charge in [0.25, 0.3) is 0 Å². The number of benzene rings is 2. The first-order valence-corrected chi connectivity index (χ1v) is 10.6. The van der Waals surface area contributed by atoms with E-state index in [-0.39, 0.29) is 25.1 Å². The number of aliphatic hydroxyl groups is 1. The van der Waals surface area contributed by atoms with Gasteiger partial charge in [0.2, 0.25) is 0 Å². The summed E-state index contributed by atoms with van der Waals surface area (Å²) in [6.07, 6.45) is 3.09.